The summed E-state index contributed by atoms with van der Waals surface area (Å²) < 4.78 is 17.0. The first kappa shape index (κ1) is 20.7. The highest BCUT2D eigenvalue weighted by Crippen LogP contribution is 2.29. The number of hydrogen-bond donors (Lipinski definition) is 1. The second-order valence-corrected chi connectivity index (χ2v) is 6.74. The molecule has 0 fully saturated rings. The van der Waals surface area contributed by atoms with Crippen LogP contribution in [-0.2, 0) is 13.2 Å². The summed E-state index contributed by atoms with van der Waals surface area (Å²) in [7, 11) is 1.66. The van der Waals surface area contributed by atoms with E-state index in [9.17, 15) is 0 Å². The van der Waals surface area contributed by atoms with E-state index in [0.717, 1.165) is 34.9 Å². The van der Waals surface area contributed by atoms with Gasteiger partial charge in [-0.15, -0.1) is 0 Å². The molecule has 29 heavy (non-hydrogen) atoms. The summed E-state index contributed by atoms with van der Waals surface area (Å²) in [5.41, 5.74) is 3.39. The van der Waals surface area contributed by atoms with Crippen molar-refractivity contribution in [2.24, 2.45) is 0 Å². The van der Waals surface area contributed by atoms with Crippen LogP contribution in [0.4, 0.5) is 0 Å². The van der Waals surface area contributed by atoms with Gasteiger partial charge < -0.3 is 19.5 Å². The van der Waals surface area contributed by atoms with Gasteiger partial charge in [-0.05, 0) is 66.9 Å². The summed E-state index contributed by atoms with van der Waals surface area (Å²) in [4.78, 5) is 4.02. The van der Waals surface area contributed by atoms with Gasteiger partial charge in [0.25, 0.3) is 0 Å². The minimum absolute atomic E-state index is 0.198. The molecule has 1 aromatic heterocycles. The fourth-order valence-corrected chi connectivity index (χ4v) is 3.01. The average Bonchev–Trinajstić information content (AvgIpc) is 2.77. The smallest absolute Gasteiger partial charge is 0.161 e. The maximum Gasteiger partial charge on any atom is 0.161 e. The van der Waals surface area contributed by atoms with Crippen LogP contribution in [0.5, 0.6) is 17.2 Å². The fraction of sp³-hybridized carbons (Fsp3) is 0.292. The largest absolute Gasteiger partial charge is 0.494 e. The molecule has 1 heterocycles. The second-order valence-electron chi connectivity index (χ2n) is 6.74. The summed E-state index contributed by atoms with van der Waals surface area (Å²) in [6.07, 6.45) is 3.52. The molecule has 3 aromatic rings. The summed E-state index contributed by atoms with van der Waals surface area (Å²) in [6, 6.07) is 18.3. The molecule has 0 aliphatic rings. The van der Waals surface area contributed by atoms with Gasteiger partial charge in [-0.3, -0.25) is 4.98 Å². The molecule has 0 bridgehead atoms. The zero-order valence-electron chi connectivity index (χ0n) is 17.2. The lowest BCUT2D eigenvalue weighted by atomic mass is 10.1. The van der Waals surface area contributed by atoms with E-state index in [0.29, 0.717) is 13.2 Å². The number of nitrogens with zero attached hydrogens (tertiary/aromatic N) is 1. The van der Waals surface area contributed by atoms with Crippen molar-refractivity contribution in [3.8, 4) is 17.2 Å². The molecule has 0 spiro atoms. The Morgan fingerprint density at radius 1 is 0.931 bits per heavy atom. The van der Waals surface area contributed by atoms with E-state index in [-0.39, 0.29) is 6.04 Å². The first-order chi connectivity index (χ1) is 14.2. The Bertz CT molecular complexity index is 900. The molecule has 1 atom stereocenters. The molecule has 0 saturated carbocycles. The number of pyridine rings is 1. The van der Waals surface area contributed by atoms with Crippen molar-refractivity contribution in [2.75, 3.05) is 13.7 Å². The SMILES string of the molecule is CCOc1cccc(C(C)NCc2ccc(OCc3ccncc3)c(OC)c2)c1. The molecule has 3 rings (SSSR count). The van der Waals surface area contributed by atoms with E-state index in [4.69, 9.17) is 14.2 Å². The van der Waals surface area contributed by atoms with E-state index in [1.54, 1.807) is 19.5 Å². The molecule has 0 aliphatic heterocycles. The predicted octanol–water partition coefficient (Wildman–Crippen LogP) is 4.92. The Morgan fingerprint density at radius 3 is 2.52 bits per heavy atom. The predicted molar refractivity (Wildman–Crippen MR) is 114 cm³/mol. The quantitative estimate of drug-likeness (QED) is 0.531. The number of rotatable bonds is 10. The Morgan fingerprint density at radius 2 is 1.76 bits per heavy atom. The van der Waals surface area contributed by atoms with Crippen molar-refractivity contribution < 1.29 is 14.2 Å². The Kier molecular flexibility index (Phi) is 7.47. The number of benzene rings is 2. The van der Waals surface area contributed by atoms with Crippen LogP contribution in [0.15, 0.2) is 67.0 Å². The van der Waals surface area contributed by atoms with Crippen molar-refractivity contribution >= 4 is 0 Å². The third kappa shape index (κ3) is 5.96. The Hall–Kier alpha value is -3.05. The number of hydrogen-bond acceptors (Lipinski definition) is 5. The van der Waals surface area contributed by atoms with Crippen molar-refractivity contribution in [3.05, 3.63) is 83.7 Å². The van der Waals surface area contributed by atoms with Gasteiger partial charge >= 0.3 is 0 Å². The summed E-state index contributed by atoms with van der Waals surface area (Å²) in [5.74, 6) is 2.35. The van der Waals surface area contributed by atoms with Gasteiger partial charge in [0, 0.05) is 25.0 Å². The molecule has 5 nitrogen and oxygen atoms in total. The third-order valence-electron chi connectivity index (χ3n) is 4.65. The van der Waals surface area contributed by atoms with E-state index >= 15 is 0 Å². The first-order valence-electron chi connectivity index (χ1n) is 9.84. The van der Waals surface area contributed by atoms with Crippen molar-refractivity contribution in [3.63, 3.8) is 0 Å². The number of ether oxygens (including phenoxy) is 3. The molecular formula is C24H28N2O3. The third-order valence-corrected chi connectivity index (χ3v) is 4.65. The lowest BCUT2D eigenvalue weighted by molar-refractivity contribution is 0.284. The molecular weight excluding hydrogens is 364 g/mol. The van der Waals surface area contributed by atoms with Crippen LogP contribution in [0.3, 0.4) is 0 Å². The maximum atomic E-state index is 5.91. The topological polar surface area (TPSA) is 52.6 Å². The standard InChI is InChI=1S/C24H28N2O3/c1-4-28-22-7-5-6-21(15-22)18(2)26-16-20-8-9-23(24(14-20)27-3)29-17-19-10-12-25-13-11-19/h5-15,18,26H,4,16-17H2,1-3H3. The van der Waals surface area contributed by atoms with Gasteiger partial charge in [0.15, 0.2) is 11.5 Å². The maximum absolute atomic E-state index is 5.91. The molecule has 0 aliphatic carbocycles. The van der Waals surface area contributed by atoms with Crippen LogP contribution >= 0.6 is 0 Å². The summed E-state index contributed by atoms with van der Waals surface area (Å²) >= 11 is 0. The van der Waals surface area contributed by atoms with Crippen molar-refractivity contribution in [1.29, 1.82) is 0 Å². The van der Waals surface area contributed by atoms with E-state index in [1.165, 1.54) is 5.56 Å². The van der Waals surface area contributed by atoms with Crippen LogP contribution in [0.1, 0.15) is 36.6 Å². The lowest BCUT2D eigenvalue weighted by Crippen LogP contribution is -2.18. The Balaban J connectivity index is 1.60. The van der Waals surface area contributed by atoms with E-state index in [1.807, 2.05) is 43.3 Å². The highest BCUT2D eigenvalue weighted by Gasteiger charge is 2.09. The van der Waals surface area contributed by atoms with Crippen molar-refractivity contribution in [2.45, 2.75) is 33.0 Å². The molecule has 0 amide bonds. The van der Waals surface area contributed by atoms with Crippen LogP contribution < -0.4 is 19.5 Å². The van der Waals surface area contributed by atoms with Crippen LogP contribution in [0, 0.1) is 0 Å². The molecule has 5 heteroatoms. The second kappa shape index (κ2) is 10.5. The minimum Gasteiger partial charge on any atom is -0.494 e. The normalized spacial score (nSPS) is 11.7. The molecule has 0 radical (unpaired) electrons. The molecule has 152 valence electrons. The van der Waals surface area contributed by atoms with E-state index < -0.39 is 0 Å². The first-order valence-corrected chi connectivity index (χ1v) is 9.84. The molecule has 1 unspecified atom stereocenters. The van der Waals surface area contributed by atoms with E-state index in [2.05, 4.69) is 35.4 Å². The van der Waals surface area contributed by atoms with Gasteiger partial charge in [-0.1, -0.05) is 18.2 Å². The number of methoxy groups -OCH3 is 1. The van der Waals surface area contributed by atoms with Gasteiger partial charge in [0.1, 0.15) is 12.4 Å². The summed E-state index contributed by atoms with van der Waals surface area (Å²) in [5, 5.41) is 3.55. The van der Waals surface area contributed by atoms with Crippen molar-refractivity contribution in [1.82, 2.24) is 10.3 Å². The lowest BCUT2D eigenvalue weighted by Gasteiger charge is -2.17. The molecule has 2 aromatic carbocycles. The van der Waals surface area contributed by atoms with Crippen LogP contribution in [0.2, 0.25) is 0 Å². The highest BCUT2D eigenvalue weighted by atomic mass is 16.5. The zero-order chi connectivity index (χ0) is 20.5. The minimum atomic E-state index is 0.198. The van der Waals surface area contributed by atoms with Crippen LogP contribution in [0.25, 0.3) is 0 Å². The fourth-order valence-electron chi connectivity index (χ4n) is 3.01. The monoisotopic (exact) mass is 392 g/mol. The van der Waals surface area contributed by atoms with Gasteiger partial charge in [0.05, 0.1) is 13.7 Å². The Labute approximate surface area is 172 Å². The molecule has 0 saturated heterocycles. The highest BCUT2D eigenvalue weighted by molar-refractivity contribution is 5.43. The molecule has 1 N–H and O–H groups in total. The average molecular weight is 392 g/mol. The summed E-state index contributed by atoms with van der Waals surface area (Å²) in [6.45, 7) is 6.01. The zero-order valence-corrected chi connectivity index (χ0v) is 17.2. The number of nitrogens with one attached hydrogen (secondary N) is 1. The van der Waals surface area contributed by atoms with Gasteiger partial charge in [-0.25, -0.2) is 0 Å². The van der Waals surface area contributed by atoms with Gasteiger partial charge in [0.2, 0.25) is 0 Å². The number of aromatic nitrogens is 1. The van der Waals surface area contributed by atoms with Crippen LogP contribution in [-0.4, -0.2) is 18.7 Å². The van der Waals surface area contributed by atoms with Gasteiger partial charge in [-0.2, -0.15) is 0 Å².